The van der Waals surface area contributed by atoms with Crippen molar-refractivity contribution in [1.29, 1.82) is 0 Å². The van der Waals surface area contributed by atoms with Crippen molar-refractivity contribution < 1.29 is 19.8 Å². The molecule has 0 aliphatic rings. The summed E-state index contributed by atoms with van der Waals surface area (Å²) < 4.78 is 0. The van der Waals surface area contributed by atoms with E-state index in [4.69, 9.17) is 5.11 Å². The van der Waals surface area contributed by atoms with E-state index in [1.807, 2.05) is 20.8 Å². The molecule has 0 fully saturated rings. The molecule has 0 aromatic carbocycles. The van der Waals surface area contributed by atoms with Crippen LogP contribution in [0.15, 0.2) is 0 Å². The Balaban J connectivity index is 4.56. The monoisotopic (exact) mass is 246 g/mol. The predicted octanol–water partition coefficient (Wildman–Crippen LogP) is 0.506. The molecule has 6 heteroatoms. The van der Waals surface area contributed by atoms with Gasteiger partial charge >= 0.3 is 12.0 Å². The van der Waals surface area contributed by atoms with Gasteiger partial charge in [-0.15, -0.1) is 0 Å². The number of rotatable bonds is 5. The molecule has 0 aromatic heterocycles. The lowest BCUT2D eigenvalue weighted by molar-refractivity contribution is -0.141. The van der Waals surface area contributed by atoms with Gasteiger partial charge < -0.3 is 20.4 Å². The van der Waals surface area contributed by atoms with Crippen molar-refractivity contribution >= 4 is 12.0 Å². The van der Waals surface area contributed by atoms with Crippen LogP contribution in [0.3, 0.4) is 0 Å². The minimum absolute atomic E-state index is 0.0153. The fraction of sp³-hybridized carbons (Fsp3) is 0.818. The number of hydrogen-bond donors (Lipinski definition) is 3. The second-order valence-electron chi connectivity index (χ2n) is 4.60. The first-order valence-corrected chi connectivity index (χ1v) is 5.62. The number of nitrogens with one attached hydrogen (secondary N) is 1. The van der Waals surface area contributed by atoms with Crippen molar-refractivity contribution in [1.82, 2.24) is 10.2 Å². The van der Waals surface area contributed by atoms with E-state index < -0.39 is 24.1 Å². The van der Waals surface area contributed by atoms with E-state index in [9.17, 15) is 14.7 Å². The fourth-order valence-electron chi connectivity index (χ4n) is 1.26. The van der Waals surface area contributed by atoms with Crippen molar-refractivity contribution in [2.75, 3.05) is 7.05 Å². The summed E-state index contributed by atoms with van der Waals surface area (Å²) in [5, 5.41) is 20.4. The van der Waals surface area contributed by atoms with Gasteiger partial charge in [-0.3, -0.25) is 0 Å². The van der Waals surface area contributed by atoms with Crippen LogP contribution in [0.1, 0.15) is 27.7 Å². The van der Waals surface area contributed by atoms with Crippen molar-refractivity contribution in [3.63, 3.8) is 0 Å². The average Bonchev–Trinajstić information content (AvgIpc) is 2.22. The zero-order chi connectivity index (χ0) is 13.7. The lowest BCUT2D eigenvalue weighted by atomic mass is 10.1. The van der Waals surface area contributed by atoms with Crippen LogP contribution in [0.25, 0.3) is 0 Å². The summed E-state index contributed by atoms with van der Waals surface area (Å²) in [6.07, 6.45) is -1.14. The Morgan fingerprint density at radius 2 is 1.65 bits per heavy atom. The molecule has 0 aliphatic carbocycles. The molecule has 0 saturated carbocycles. The first-order valence-electron chi connectivity index (χ1n) is 5.62. The molecule has 0 bridgehead atoms. The third kappa shape index (κ3) is 4.60. The highest BCUT2D eigenvalue weighted by atomic mass is 16.4. The number of nitrogens with zero attached hydrogens (tertiary/aromatic N) is 1. The number of urea groups is 1. The van der Waals surface area contributed by atoms with Gasteiger partial charge in [0.2, 0.25) is 0 Å². The molecule has 0 rings (SSSR count). The minimum Gasteiger partial charge on any atom is -0.480 e. The number of carboxylic acid groups (broad SMARTS) is 1. The Morgan fingerprint density at radius 3 is 1.94 bits per heavy atom. The number of carboxylic acids is 1. The van der Waals surface area contributed by atoms with Gasteiger partial charge in [0, 0.05) is 13.1 Å². The highest BCUT2D eigenvalue weighted by molar-refractivity contribution is 5.83. The summed E-state index contributed by atoms with van der Waals surface area (Å²) in [6, 6.07) is -1.80. The molecular formula is C11H22N2O4. The molecule has 0 aromatic rings. The fourth-order valence-corrected chi connectivity index (χ4v) is 1.26. The number of aliphatic carboxylic acids is 1. The number of aliphatic hydroxyl groups is 1. The van der Waals surface area contributed by atoms with E-state index in [1.165, 1.54) is 11.8 Å². The van der Waals surface area contributed by atoms with Crippen LogP contribution in [0.2, 0.25) is 0 Å². The van der Waals surface area contributed by atoms with Gasteiger partial charge in [0.25, 0.3) is 0 Å². The van der Waals surface area contributed by atoms with Crippen LogP contribution >= 0.6 is 0 Å². The van der Waals surface area contributed by atoms with Crippen molar-refractivity contribution in [3.05, 3.63) is 0 Å². The Bertz CT molecular complexity index is 279. The number of hydrogen-bond acceptors (Lipinski definition) is 3. The van der Waals surface area contributed by atoms with Crippen LogP contribution in [0.5, 0.6) is 0 Å². The first-order chi connectivity index (χ1) is 7.68. The number of aliphatic hydroxyl groups excluding tert-OH is 1. The Labute approximate surface area is 102 Å². The summed E-state index contributed by atoms with van der Waals surface area (Å²) in [6.45, 7) is 7.14. The third-order valence-corrected chi connectivity index (χ3v) is 2.92. The molecule has 0 saturated heterocycles. The van der Waals surface area contributed by atoms with E-state index in [0.717, 1.165) is 0 Å². The van der Waals surface area contributed by atoms with Gasteiger partial charge in [-0.25, -0.2) is 9.59 Å². The summed E-state index contributed by atoms with van der Waals surface area (Å²) in [5.74, 6) is -0.987. The Hall–Kier alpha value is -1.30. The van der Waals surface area contributed by atoms with Gasteiger partial charge in [-0.05, 0) is 19.8 Å². The predicted molar refractivity (Wildman–Crippen MR) is 63.7 cm³/mol. The Morgan fingerprint density at radius 1 is 1.18 bits per heavy atom. The first kappa shape index (κ1) is 15.7. The molecule has 0 spiro atoms. The van der Waals surface area contributed by atoms with Crippen LogP contribution in [-0.2, 0) is 4.79 Å². The topological polar surface area (TPSA) is 89.9 Å². The number of carbonyl (C=O) groups is 2. The van der Waals surface area contributed by atoms with E-state index in [1.54, 1.807) is 7.05 Å². The zero-order valence-corrected chi connectivity index (χ0v) is 11.0. The molecule has 3 N–H and O–H groups in total. The smallest absolute Gasteiger partial charge is 0.328 e. The van der Waals surface area contributed by atoms with Gasteiger partial charge in [0.15, 0.2) is 6.04 Å². The van der Waals surface area contributed by atoms with E-state index in [2.05, 4.69) is 5.32 Å². The third-order valence-electron chi connectivity index (χ3n) is 2.92. The molecule has 3 atom stereocenters. The SMILES string of the molecule is CC(C)C(C)N(C)C(=O)NC(C(=O)O)C(C)O. The van der Waals surface area contributed by atoms with E-state index in [-0.39, 0.29) is 12.0 Å². The molecule has 0 aliphatic heterocycles. The lowest BCUT2D eigenvalue weighted by Gasteiger charge is -2.29. The second kappa shape index (κ2) is 6.44. The second-order valence-corrected chi connectivity index (χ2v) is 4.60. The molecule has 100 valence electrons. The summed E-state index contributed by atoms with van der Waals surface area (Å²) >= 11 is 0. The molecule has 17 heavy (non-hydrogen) atoms. The lowest BCUT2D eigenvalue weighted by Crippen LogP contribution is -2.53. The van der Waals surface area contributed by atoms with Crippen LogP contribution < -0.4 is 5.32 Å². The van der Waals surface area contributed by atoms with E-state index in [0.29, 0.717) is 0 Å². The van der Waals surface area contributed by atoms with Gasteiger partial charge in [0.05, 0.1) is 6.10 Å². The van der Waals surface area contributed by atoms with Gasteiger partial charge in [0.1, 0.15) is 0 Å². The Kier molecular flexibility index (Phi) is 5.95. The molecule has 6 nitrogen and oxygen atoms in total. The van der Waals surface area contributed by atoms with Crippen LogP contribution in [0, 0.1) is 5.92 Å². The average molecular weight is 246 g/mol. The number of amides is 2. The van der Waals surface area contributed by atoms with Crippen molar-refractivity contribution in [2.24, 2.45) is 5.92 Å². The standard InChI is InChI=1S/C11H22N2O4/c1-6(2)7(3)13(5)11(17)12-9(8(4)14)10(15)16/h6-9,14H,1-5H3,(H,12,17)(H,15,16). The number of carbonyl (C=O) groups excluding carboxylic acids is 1. The van der Waals surface area contributed by atoms with Gasteiger partial charge in [-0.2, -0.15) is 0 Å². The van der Waals surface area contributed by atoms with Crippen molar-refractivity contribution in [2.45, 2.75) is 45.9 Å². The maximum Gasteiger partial charge on any atom is 0.328 e. The molecule has 3 unspecified atom stereocenters. The van der Waals surface area contributed by atoms with Gasteiger partial charge in [-0.1, -0.05) is 13.8 Å². The molecule has 2 amide bonds. The maximum absolute atomic E-state index is 11.7. The minimum atomic E-state index is -1.29. The molecule has 0 radical (unpaired) electrons. The highest BCUT2D eigenvalue weighted by Crippen LogP contribution is 2.08. The van der Waals surface area contributed by atoms with Crippen LogP contribution in [-0.4, -0.2) is 52.3 Å². The van der Waals surface area contributed by atoms with Crippen molar-refractivity contribution in [3.8, 4) is 0 Å². The maximum atomic E-state index is 11.7. The zero-order valence-electron chi connectivity index (χ0n) is 11.0. The summed E-state index contributed by atoms with van der Waals surface area (Å²) in [5.41, 5.74) is 0. The quantitative estimate of drug-likeness (QED) is 0.659. The largest absolute Gasteiger partial charge is 0.480 e. The van der Waals surface area contributed by atoms with Crippen LogP contribution in [0.4, 0.5) is 4.79 Å². The van der Waals surface area contributed by atoms with E-state index >= 15 is 0 Å². The molecule has 0 heterocycles. The summed E-state index contributed by atoms with van der Waals surface area (Å²) in [4.78, 5) is 24.0. The molecular weight excluding hydrogens is 224 g/mol. The summed E-state index contributed by atoms with van der Waals surface area (Å²) in [7, 11) is 1.60. The normalized spacial score (nSPS) is 16.2. The highest BCUT2D eigenvalue weighted by Gasteiger charge is 2.28.